The first kappa shape index (κ1) is 16.8. The summed E-state index contributed by atoms with van der Waals surface area (Å²) in [5.74, 6) is 0.355. The van der Waals surface area contributed by atoms with Crippen molar-refractivity contribution >= 4 is 11.6 Å². The van der Waals surface area contributed by atoms with Gasteiger partial charge in [-0.1, -0.05) is 36.7 Å². The average Bonchev–Trinajstić information content (AvgIpc) is 2.53. The molecule has 0 bridgehead atoms. The smallest absolute Gasteiger partial charge is 0.131 e. The molecule has 0 amide bonds. The van der Waals surface area contributed by atoms with Crippen molar-refractivity contribution in [3.63, 3.8) is 0 Å². The first-order chi connectivity index (χ1) is 10.6. The van der Waals surface area contributed by atoms with E-state index in [0.29, 0.717) is 22.4 Å². The second kappa shape index (κ2) is 8.16. The highest BCUT2D eigenvalue weighted by Crippen LogP contribution is 2.21. The molecule has 0 radical (unpaired) electrons. The third-order valence-electron chi connectivity index (χ3n) is 3.64. The minimum absolute atomic E-state index is 0.121. The highest BCUT2D eigenvalue weighted by atomic mass is 35.5. The van der Waals surface area contributed by atoms with Gasteiger partial charge in [-0.15, -0.1) is 0 Å². The molecule has 0 heterocycles. The summed E-state index contributed by atoms with van der Waals surface area (Å²) >= 11 is 5.98. The fraction of sp³-hybridized carbons (Fsp3) is 0.333. The van der Waals surface area contributed by atoms with Crippen LogP contribution in [0.25, 0.3) is 0 Å². The van der Waals surface area contributed by atoms with Gasteiger partial charge in [0.05, 0.1) is 5.02 Å². The van der Waals surface area contributed by atoms with Gasteiger partial charge in [0.25, 0.3) is 0 Å². The van der Waals surface area contributed by atoms with E-state index in [1.54, 1.807) is 12.1 Å². The molecule has 2 rings (SSSR count). The molecule has 2 aromatic rings. The predicted molar refractivity (Wildman–Crippen MR) is 88.8 cm³/mol. The Hall–Kier alpha value is -1.58. The van der Waals surface area contributed by atoms with Gasteiger partial charge in [0.1, 0.15) is 18.2 Å². The van der Waals surface area contributed by atoms with E-state index >= 15 is 0 Å². The Morgan fingerprint density at radius 3 is 2.55 bits per heavy atom. The molecule has 0 aromatic heterocycles. The van der Waals surface area contributed by atoms with Crippen LogP contribution < -0.4 is 10.1 Å². The lowest BCUT2D eigenvalue weighted by Crippen LogP contribution is -2.24. The largest absolute Gasteiger partial charge is 0.489 e. The van der Waals surface area contributed by atoms with Crippen LogP contribution in [0.5, 0.6) is 5.75 Å². The molecule has 0 saturated carbocycles. The molecule has 0 aliphatic heterocycles. The highest BCUT2D eigenvalue weighted by molar-refractivity contribution is 6.31. The van der Waals surface area contributed by atoms with Crippen LogP contribution in [-0.4, -0.2) is 6.04 Å². The summed E-state index contributed by atoms with van der Waals surface area (Å²) in [5, 5.41) is 3.82. The van der Waals surface area contributed by atoms with Crippen LogP contribution in [0.4, 0.5) is 4.39 Å². The number of ether oxygens (including phenoxy) is 1. The molecule has 0 unspecified atom stereocenters. The van der Waals surface area contributed by atoms with Crippen molar-refractivity contribution in [3.05, 3.63) is 64.4 Å². The fourth-order valence-electron chi connectivity index (χ4n) is 1.97. The van der Waals surface area contributed by atoms with Crippen LogP contribution in [0.3, 0.4) is 0 Å². The van der Waals surface area contributed by atoms with Crippen molar-refractivity contribution in [1.29, 1.82) is 0 Å². The van der Waals surface area contributed by atoms with Crippen molar-refractivity contribution < 1.29 is 9.13 Å². The minimum Gasteiger partial charge on any atom is -0.489 e. The molecule has 1 atom stereocenters. The van der Waals surface area contributed by atoms with E-state index in [9.17, 15) is 4.39 Å². The van der Waals surface area contributed by atoms with E-state index in [0.717, 1.165) is 13.0 Å². The summed E-state index contributed by atoms with van der Waals surface area (Å²) in [4.78, 5) is 0. The zero-order valence-electron chi connectivity index (χ0n) is 12.9. The van der Waals surface area contributed by atoms with Crippen molar-refractivity contribution in [1.82, 2.24) is 5.32 Å². The Balaban J connectivity index is 1.91. The molecule has 0 spiro atoms. The second-order valence-electron chi connectivity index (χ2n) is 5.32. The summed E-state index contributed by atoms with van der Waals surface area (Å²) in [5.41, 5.74) is 1.57. The summed E-state index contributed by atoms with van der Waals surface area (Å²) in [6.45, 7) is 5.27. The van der Waals surface area contributed by atoms with E-state index < -0.39 is 0 Å². The first-order valence-electron chi connectivity index (χ1n) is 7.48. The van der Waals surface area contributed by atoms with Gasteiger partial charge in [-0.25, -0.2) is 4.39 Å². The third kappa shape index (κ3) is 4.72. The van der Waals surface area contributed by atoms with Crippen LogP contribution in [0.2, 0.25) is 5.02 Å². The van der Waals surface area contributed by atoms with Gasteiger partial charge in [0.15, 0.2) is 0 Å². The van der Waals surface area contributed by atoms with Gasteiger partial charge >= 0.3 is 0 Å². The maximum atomic E-state index is 13.7. The second-order valence-corrected chi connectivity index (χ2v) is 5.73. The molecule has 0 aliphatic rings. The maximum absolute atomic E-state index is 13.7. The topological polar surface area (TPSA) is 21.3 Å². The Morgan fingerprint density at radius 2 is 1.91 bits per heavy atom. The summed E-state index contributed by atoms with van der Waals surface area (Å²) in [6, 6.07) is 12.9. The minimum atomic E-state index is -0.345. The number of rotatable bonds is 7. The molecule has 2 nitrogen and oxygen atoms in total. The molecular weight excluding hydrogens is 301 g/mol. The lowest BCUT2D eigenvalue weighted by molar-refractivity contribution is 0.300. The van der Waals surface area contributed by atoms with Crippen LogP contribution >= 0.6 is 11.6 Å². The fourth-order valence-corrected chi connectivity index (χ4v) is 2.18. The monoisotopic (exact) mass is 321 g/mol. The number of halogens is 2. The number of benzene rings is 2. The maximum Gasteiger partial charge on any atom is 0.131 e. The SMILES string of the molecule is CC[C@H](C)NCc1ccc(OCc2c(F)cccc2Cl)cc1. The van der Waals surface area contributed by atoms with Crippen LogP contribution in [0.1, 0.15) is 31.4 Å². The van der Waals surface area contributed by atoms with Gasteiger partial charge in [-0.05, 0) is 43.2 Å². The summed E-state index contributed by atoms with van der Waals surface area (Å²) in [6.07, 6.45) is 1.10. The molecule has 118 valence electrons. The average molecular weight is 322 g/mol. The van der Waals surface area contributed by atoms with Crippen LogP contribution in [0.15, 0.2) is 42.5 Å². The van der Waals surface area contributed by atoms with E-state index in [1.807, 2.05) is 24.3 Å². The molecule has 2 aromatic carbocycles. The van der Waals surface area contributed by atoms with E-state index in [-0.39, 0.29) is 12.4 Å². The molecular formula is C18H21ClFNO. The zero-order chi connectivity index (χ0) is 15.9. The Kier molecular flexibility index (Phi) is 6.22. The molecule has 4 heteroatoms. The van der Waals surface area contributed by atoms with Crippen molar-refractivity contribution in [2.24, 2.45) is 0 Å². The Morgan fingerprint density at radius 1 is 1.18 bits per heavy atom. The zero-order valence-corrected chi connectivity index (χ0v) is 13.7. The summed E-state index contributed by atoms with van der Waals surface area (Å²) < 4.78 is 19.3. The molecule has 22 heavy (non-hydrogen) atoms. The quantitative estimate of drug-likeness (QED) is 0.779. The van der Waals surface area contributed by atoms with Gasteiger partial charge in [0, 0.05) is 18.2 Å². The van der Waals surface area contributed by atoms with Gasteiger partial charge in [0.2, 0.25) is 0 Å². The number of hydrogen-bond acceptors (Lipinski definition) is 2. The highest BCUT2D eigenvalue weighted by Gasteiger charge is 2.07. The van der Waals surface area contributed by atoms with Gasteiger partial charge < -0.3 is 10.1 Å². The van der Waals surface area contributed by atoms with E-state index in [4.69, 9.17) is 16.3 Å². The van der Waals surface area contributed by atoms with Crippen molar-refractivity contribution in [2.75, 3.05) is 0 Å². The summed E-state index contributed by atoms with van der Waals surface area (Å²) in [7, 11) is 0. The van der Waals surface area contributed by atoms with Crippen molar-refractivity contribution in [2.45, 2.75) is 39.5 Å². The molecule has 1 N–H and O–H groups in total. The predicted octanol–water partition coefficient (Wildman–Crippen LogP) is 4.95. The lowest BCUT2D eigenvalue weighted by Gasteiger charge is -2.12. The normalized spacial score (nSPS) is 12.2. The van der Waals surface area contributed by atoms with E-state index in [2.05, 4.69) is 19.2 Å². The molecule has 0 saturated heterocycles. The number of hydrogen-bond donors (Lipinski definition) is 1. The standard InChI is InChI=1S/C18H21ClFNO/c1-3-13(2)21-11-14-7-9-15(10-8-14)22-12-16-17(19)5-4-6-18(16)20/h4-10,13,21H,3,11-12H2,1-2H3/t13-/m0/s1. The molecule has 0 fully saturated rings. The van der Waals surface area contributed by atoms with E-state index in [1.165, 1.54) is 11.6 Å². The van der Waals surface area contributed by atoms with Crippen LogP contribution in [0, 0.1) is 5.82 Å². The van der Waals surface area contributed by atoms with Crippen molar-refractivity contribution in [3.8, 4) is 5.75 Å². The van der Waals surface area contributed by atoms with Gasteiger partial charge in [-0.3, -0.25) is 0 Å². The Bertz CT molecular complexity index is 580. The lowest BCUT2D eigenvalue weighted by atomic mass is 10.2. The third-order valence-corrected chi connectivity index (χ3v) is 3.99. The van der Waals surface area contributed by atoms with Crippen LogP contribution in [-0.2, 0) is 13.2 Å². The first-order valence-corrected chi connectivity index (χ1v) is 7.86. The Labute approximate surface area is 136 Å². The van der Waals surface area contributed by atoms with Gasteiger partial charge in [-0.2, -0.15) is 0 Å². The molecule has 0 aliphatic carbocycles. The number of nitrogens with one attached hydrogen (secondary N) is 1.